The van der Waals surface area contributed by atoms with Gasteiger partial charge in [-0.1, -0.05) is 19.1 Å². The Morgan fingerprint density at radius 1 is 1.41 bits per heavy atom. The topological polar surface area (TPSA) is 49.3 Å². The van der Waals surface area contributed by atoms with Crippen LogP contribution >= 0.6 is 11.3 Å². The third-order valence-electron chi connectivity index (χ3n) is 4.29. The van der Waals surface area contributed by atoms with Gasteiger partial charge >= 0.3 is 0 Å². The quantitative estimate of drug-likeness (QED) is 0.901. The third kappa shape index (κ3) is 3.08. The summed E-state index contributed by atoms with van der Waals surface area (Å²) in [5.74, 6) is 0.659. The molecule has 0 saturated carbocycles. The molecule has 1 aliphatic rings. The van der Waals surface area contributed by atoms with Gasteiger partial charge in [0.15, 0.2) is 0 Å². The second kappa shape index (κ2) is 6.23. The van der Waals surface area contributed by atoms with Crippen molar-refractivity contribution in [1.29, 1.82) is 0 Å². The summed E-state index contributed by atoms with van der Waals surface area (Å²) in [4.78, 5) is 14.7. The van der Waals surface area contributed by atoms with Gasteiger partial charge in [-0.3, -0.25) is 4.79 Å². The molecule has 4 heteroatoms. The fourth-order valence-corrected chi connectivity index (χ4v) is 4.01. The standard InChI is InChI=1S/C18H21NO2S/c1-11-3-6-16-14(7-11)9-17(22-16)18(21)19-15-8-13(10-20)5-4-12(15)2/h4-5,8-9,11,20H,3,6-7,10H2,1-2H3,(H,19,21). The molecule has 1 heterocycles. The van der Waals surface area contributed by atoms with Crippen LogP contribution in [0.4, 0.5) is 5.69 Å². The van der Waals surface area contributed by atoms with Crippen molar-refractivity contribution in [2.24, 2.45) is 5.92 Å². The maximum absolute atomic E-state index is 12.5. The lowest BCUT2D eigenvalue weighted by Crippen LogP contribution is -2.11. The van der Waals surface area contributed by atoms with E-state index in [1.807, 2.05) is 25.1 Å². The molecule has 0 bridgehead atoms. The molecule has 1 aliphatic carbocycles. The number of amides is 1. The number of aliphatic hydroxyl groups is 1. The van der Waals surface area contributed by atoms with E-state index in [1.54, 1.807) is 11.3 Å². The number of nitrogens with one attached hydrogen (secondary N) is 1. The SMILES string of the molecule is Cc1ccc(CO)cc1NC(=O)c1cc2c(s1)CCC(C)C2. The summed E-state index contributed by atoms with van der Waals surface area (Å²) in [7, 11) is 0. The Morgan fingerprint density at radius 3 is 3.00 bits per heavy atom. The van der Waals surface area contributed by atoms with Gasteiger partial charge in [-0.15, -0.1) is 11.3 Å². The van der Waals surface area contributed by atoms with Crippen molar-refractivity contribution in [3.05, 3.63) is 50.7 Å². The number of benzene rings is 1. The minimum Gasteiger partial charge on any atom is -0.392 e. The molecular formula is C18H21NO2S. The summed E-state index contributed by atoms with van der Waals surface area (Å²) in [6, 6.07) is 7.68. The normalized spacial score (nSPS) is 17.1. The molecule has 1 amide bonds. The van der Waals surface area contributed by atoms with Crippen LogP contribution in [-0.4, -0.2) is 11.0 Å². The van der Waals surface area contributed by atoms with Crippen molar-refractivity contribution in [3.63, 3.8) is 0 Å². The highest BCUT2D eigenvalue weighted by atomic mass is 32.1. The van der Waals surface area contributed by atoms with Crippen LogP contribution in [0.1, 0.15) is 44.6 Å². The van der Waals surface area contributed by atoms with Crippen LogP contribution in [-0.2, 0) is 19.4 Å². The lowest BCUT2D eigenvalue weighted by Gasteiger charge is -2.16. The molecule has 2 aromatic rings. The molecule has 0 aliphatic heterocycles. The number of hydrogen-bond acceptors (Lipinski definition) is 3. The van der Waals surface area contributed by atoms with Gasteiger partial charge in [0.05, 0.1) is 11.5 Å². The summed E-state index contributed by atoms with van der Waals surface area (Å²) in [6.07, 6.45) is 3.39. The van der Waals surface area contributed by atoms with E-state index in [2.05, 4.69) is 18.3 Å². The lowest BCUT2D eigenvalue weighted by molar-refractivity contribution is 0.103. The summed E-state index contributed by atoms with van der Waals surface area (Å²) in [5.41, 5.74) is 3.92. The molecule has 0 saturated heterocycles. The van der Waals surface area contributed by atoms with Crippen LogP contribution in [0.5, 0.6) is 0 Å². The van der Waals surface area contributed by atoms with Crippen molar-refractivity contribution in [1.82, 2.24) is 0 Å². The number of aliphatic hydroxyl groups excluding tert-OH is 1. The average Bonchev–Trinajstić information content (AvgIpc) is 2.92. The largest absolute Gasteiger partial charge is 0.392 e. The molecule has 0 fully saturated rings. The molecule has 3 rings (SSSR count). The van der Waals surface area contributed by atoms with Crippen molar-refractivity contribution >= 4 is 22.9 Å². The van der Waals surface area contributed by atoms with Crippen LogP contribution < -0.4 is 5.32 Å². The van der Waals surface area contributed by atoms with E-state index in [1.165, 1.54) is 16.9 Å². The summed E-state index contributed by atoms with van der Waals surface area (Å²) in [6.45, 7) is 4.20. The smallest absolute Gasteiger partial charge is 0.265 e. The maximum atomic E-state index is 12.5. The van der Waals surface area contributed by atoms with E-state index in [4.69, 9.17) is 0 Å². The first-order valence-corrected chi connectivity index (χ1v) is 8.51. The Labute approximate surface area is 135 Å². The highest BCUT2D eigenvalue weighted by Crippen LogP contribution is 2.32. The molecule has 0 radical (unpaired) electrons. The van der Waals surface area contributed by atoms with Gasteiger partial charge in [-0.2, -0.15) is 0 Å². The van der Waals surface area contributed by atoms with Crippen molar-refractivity contribution in [3.8, 4) is 0 Å². The predicted octanol–water partition coefficient (Wildman–Crippen LogP) is 3.93. The maximum Gasteiger partial charge on any atom is 0.265 e. The Hall–Kier alpha value is -1.65. The Bertz CT molecular complexity index is 705. The van der Waals surface area contributed by atoms with Gasteiger partial charge in [0.25, 0.3) is 5.91 Å². The molecule has 0 spiro atoms. The third-order valence-corrected chi connectivity index (χ3v) is 5.52. The minimum absolute atomic E-state index is 0.0195. The van der Waals surface area contributed by atoms with Gasteiger partial charge in [0.1, 0.15) is 0 Å². The summed E-state index contributed by atoms with van der Waals surface area (Å²) >= 11 is 1.62. The van der Waals surface area contributed by atoms with Gasteiger partial charge in [0.2, 0.25) is 0 Å². The molecule has 1 atom stereocenters. The Kier molecular flexibility index (Phi) is 4.32. The number of thiophene rings is 1. The second-order valence-corrected chi connectivity index (χ2v) is 7.31. The highest BCUT2D eigenvalue weighted by Gasteiger charge is 2.21. The van der Waals surface area contributed by atoms with Gasteiger partial charge in [0, 0.05) is 10.6 Å². The van der Waals surface area contributed by atoms with E-state index in [0.717, 1.165) is 34.5 Å². The van der Waals surface area contributed by atoms with Gasteiger partial charge < -0.3 is 10.4 Å². The van der Waals surface area contributed by atoms with Crippen LogP contribution in [0.25, 0.3) is 0 Å². The van der Waals surface area contributed by atoms with Crippen molar-refractivity contribution in [2.45, 2.75) is 39.7 Å². The highest BCUT2D eigenvalue weighted by molar-refractivity contribution is 7.14. The monoisotopic (exact) mass is 315 g/mol. The lowest BCUT2D eigenvalue weighted by atomic mass is 9.90. The first kappa shape index (κ1) is 15.3. The first-order valence-electron chi connectivity index (χ1n) is 7.70. The zero-order valence-corrected chi connectivity index (χ0v) is 13.8. The minimum atomic E-state index is -0.0507. The van der Waals surface area contributed by atoms with Crippen molar-refractivity contribution in [2.75, 3.05) is 5.32 Å². The first-order chi connectivity index (χ1) is 10.6. The molecule has 2 N–H and O–H groups in total. The van der Waals surface area contributed by atoms with Crippen LogP contribution in [0.3, 0.4) is 0 Å². The number of rotatable bonds is 3. The summed E-state index contributed by atoms with van der Waals surface area (Å²) in [5, 5.41) is 12.2. The van der Waals surface area contributed by atoms with Gasteiger partial charge in [-0.05, 0) is 60.9 Å². The Morgan fingerprint density at radius 2 is 2.23 bits per heavy atom. The fourth-order valence-electron chi connectivity index (χ4n) is 2.90. The molecule has 116 valence electrons. The van der Waals surface area contributed by atoms with Crippen LogP contribution in [0, 0.1) is 12.8 Å². The van der Waals surface area contributed by atoms with Gasteiger partial charge in [-0.25, -0.2) is 0 Å². The molecule has 3 nitrogen and oxygen atoms in total. The van der Waals surface area contributed by atoms with E-state index >= 15 is 0 Å². The number of carbonyl (C=O) groups excluding carboxylic acids is 1. The molecule has 1 aromatic heterocycles. The van der Waals surface area contributed by atoms with E-state index in [0.29, 0.717) is 5.92 Å². The molecule has 22 heavy (non-hydrogen) atoms. The van der Waals surface area contributed by atoms with E-state index in [9.17, 15) is 9.90 Å². The number of carbonyl (C=O) groups is 1. The molecule has 1 unspecified atom stereocenters. The van der Waals surface area contributed by atoms with Crippen LogP contribution in [0.15, 0.2) is 24.3 Å². The van der Waals surface area contributed by atoms with Crippen molar-refractivity contribution < 1.29 is 9.90 Å². The fraction of sp³-hybridized carbons (Fsp3) is 0.389. The number of anilines is 1. The average molecular weight is 315 g/mol. The zero-order valence-electron chi connectivity index (χ0n) is 13.0. The number of aryl methyl sites for hydroxylation is 2. The van der Waals surface area contributed by atoms with E-state index < -0.39 is 0 Å². The summed E-state index contributed by atoms with van der Waals surface area (Å²) < 4.78 is 0. The molecule has 1 aromatic carbocycles. The second-order valence-electron chi connectivity index (χ2n) is 6.17. The number of fused-ring (bicyclic) bond motifs is 1. The predicted molar refractivity (Wildman–Crippen MR) is 90.6 cm³/mol. The molecular weight excluding hydrogens is 294 g/mol. The zero-order chi connectivity index (χ0) is 15.7. The Balaban J connectivity index is 1.80. The van der Waals surface area contributed by atoms with E-state index in [-0.39, 0.29) is 12.5 Å². The van der Waals surface area contributed by atoms with Crippen LogP contribution in [0.2, 0.25) is 0 Å². The number of hydrogen-bond donors (Lipinski definition) is 2.